The number of carbonyl (C=O) groups is 2. The summed E-state index contributed by atoms with van der Waals surface area (Å²) in [6.07, 6.45) is 0.0976. The van der Waals surface area contributed by atoms with Crippen LogP contribution in [0.2, 0.25) is 0 Å². The highest BCUT2D eigenvalue weighted by Gasteiger charge is 2.24. The van der Waals surface area contributed by atoms with Crippen molar-refractivity contribution in [1.29, 1.82) is 0 Å². The SMILES string of the molecule is O=Nc1ccc(C2=NOC(CC(=O)NCCC(=O)O)C2)cc1. The van der Waals surface area contributed by atoms with Gasteiger partial charge < -0.3 is 15.3 Å². The first kappa shape index (κ1) is 15.6. The number of carboxylic acids is 1. The van der Waals surface area contributed by atoms with Gasteiger partial charge in [0.15, 0.2) is 0 Å². The molecule has 116 valence electrons. The summed E-state index contributed by atoms with van der Waals surface area (Å²) >= 11 is 0. The van der Waals surface area contributed by atoms with Crippen LogP contribution in [-0.2, 0) is 14.4 Å². The van der Waals surface area contributed by atoms with Gasteiger partial charge in [-0.25, -0.2) is 0 Å². The largest absolute Gasteiger partial charge is 0.481 e. The Bertz CT molecular complexity index is 597. The van der Waals surface area contributed by atoms with Crippen molar-refractivity contribution in [2.45, 2.75) is 25.4 Å². The first-order valence-corrected chi connectivity index (χ1v) is 6.73. The van der Waals surface area contributed by atoms with E-state index in [0.29, 0.717) is 17.8 Å². The Balaban J connectivity index is 1.80. The minimum absolute atomic E-state index is 0.0920. The maximum atomic E-state index is 11.6. The van der Waals surface area contributed by atoms with E-state index in [-0.39, 0.29) is 31.4 Å². The summed E-state index contributed by atoms with van der Waals surface area (Å²) in [5.74, 6) is -1.24. The first-order chi connectivity index (χ1) is 10.6. The molecule has 1 amide bonds. The van der Waals surface area contributed by atoms with Gasteiger partial charge in [0, 0.05) is 13.0 Å². The predicted octanol–water partition coefficient (Wildman–Crippen LogP) is 1.56. The number of oxime groups is 1. The number of hydrogen-bond donors (Lipinski definition) is 2. The van der Waals surface area contributed by atoms with Crippen LogP contribution in [-0.4, -0.2) is 35.3 Å². The van der Waals surface area contributed by atoms with Gasteiger partial charge in [-0.05, 0) is 22.9 Å². The topological polar surface area (TPSA) is 117 Å². The van der Waals surface area contributed by atoms with Gasteiger partial charge in [-0.2, -0.15) is 0 Å². The molecule has 8 nitrogen and oxygen atoms in total. The van der Waals surface area contributed by atoms with Crippen LogP contribution in [0.1, 0.15) is 24.8 Å². The second-order valence-electron chi connectivity index (χ2n) is 4.81. The molecule has 8 heteroatoms. The van der Waals surface area contributed by atoms with E-state index in [4.69, 9.17) is 9.94 Å². The van der Waals surface area contributed by atoms with E-state index >= 15 is 0 Å². The Morgan fingerprint density at radius 2 is 2.09 bits per heavy atom. The van der Waals surface area contributed by atoms with Crippen LogP contribution >= 0.6 is 0 Å². The van der Waals surface area contributed by atoms with Crippen LogP contribution in [0.3, 0.4) is 0 Å². The molecule has 1 aromatic rings. The summed E-state index contributed by atoms with van der Waals surface area (Å²) in [6, 6.07) is 6.59. The fourth-order valence-electron chi connectivity index (χ4n) is 2.01. The van der Waals surface area contributed by atoms with Crippen molar-refractivity contribution in [1.82, 2.24) is 5.32 Å². The zero-order valence-corrected chi connectivity index (χ0v) is 11.7. The summed E-state index contributed by atoms with van der Waals surface area (Å²) in [4.78, 5) is 37.5. The zero-order chi connectivity index (χ0) is 15.9. The quantitative estimate of drug-likeness (QED) is 0.741. The second kappa shape index (κ2) is 7.30. The van der Waals surface area contributed by atoms with Crippen LogP contribution in [0.15, 0.2) is 34.6 Å². The van der Waals surface area contributed by atoms with Crippen molar-refractivity contribution in [2.24, 2.45) is 10.3 Å². The van der Waals surface area contributed by atoms with Crippen molar-refractivity contribution in [2.75, 3.05) is 6.54 Å². The number of nitrogens with one attached hydrogen (secondary N) is 1. The molecule has 1 aliphatic heterocycles. The molecule has 22 heavy (non-hydrogen) atoms. The van der Waals surface area contributed by atoms with Crippen LogP contribution in [0.4, 0.5) is 5.69 Å². The van der Waals surface area contributed by atoms with Crippen LogP contribution in [0.5, 0.6) is 0 Å². The highest BCUT2D eigenvalue weighted by atomic mass is 16.6. The number of hydrogen-bond acceptors (Lipinski definition) is 6. The van der Waals surface area contributed by atoms with E-state index < -0.39 is 5.97 Å². The average molecular weight is 305 g/mol. The van der Waals surface area contributed by atoms with Crippen LogP contribution < -0.4 is 5.32 Å². The molecular weight excluding hydrogens is 290 g/mol. The highest BCUT2D eigenvalue weighted by molar-refractivity contribution is 6.01. The molecule has 1 atom stereocenters. The number of rotatable bonds is 7. The molecule has 0 radical (unpaired) electrons. The fraction of sp³-hybridized carbons (Fsp3) is 0.357. The lowest BCUT2D eigenvalue weighted by Crippen LogP contribution is -2.29. The summed E-state index contributed by atoms with van der Waals surface area (Å²) in [7, 11) is 0. The van der Waals surface area contributed by atoms with Gasteiger partial charge in [-0.3, -0.25) is 9.59 Å². The van der Waals surface area contributed by atoms with E-state index in [0.717, 1.165) is 5.56 Å². The van der Waals surface area contributed by atoms with E-state index in [2.05, 4.69) is 15.6 Å². The maximum Gasteiger partial charge on any atom is 0.305 e. The minimum atomic E-state index is -0.962. The number of aliphatic carboxylic acids is 1. The third-order valence-corrected chi connectivity index (χ3v) is 3.11. The minimum Gasteiger partial charge on any atom is -0.481 e. The monoisotopic (exact) mass is 305 g/mol. The third-order valence-electron chi connectivity index (χ3n) is 3.11. The molecular formula is C14H15N3O5. The molecule has 0 saturated heterocycles. The summed E-state index contributed by atoms with van der Waals surface area (Å²) < 4.78 is 0. The molecule has 1 heterocycles. The van der Waals surface area contributed by atoms with Crippen LogP contribution in [0.25, 0.3) is 0 Å². The molecule has 0 saturated carbocycles. The Labute approximate surface area is 126 Å². The average Bonchev–Trinajstić information content (AvgIpc) is 2.95. The number of benzene rings is 1. The second-order valence-corrected chi connectivity index (χ2v) is 4.81. The first-order valence-electron chi connectivity index (χ1n) is 6.73. The zero-order valence-electron chi connectivity index (χ0n) is 11.7. The van der Waals surface area contributed by atoms with Crippen molar-refractivity contribution >= 4 is 23.3 Å². The molecule has 0 fully saturated rings. The smallest absolute Gasteiger partial charge is 0.305 e. The highest BCUT2D eigenvalue weighted by Crippen LogP contribution is 2.21. The van der Waals surface area contributed by atoms with Gasteiger partial charge >= 0.3 is 5.97 Å². The number of nitroso groups, excluding NO2 is 1. The van der Waals surface area contributed by atoms with Gasteiger partial charge in [0.05, 0.1) is 18.6 Å². The standard InChI is InChI=1S/C14H15N3O5/c18-13(15-6-5-14(19)20)8-11-7-12(17-22-11)9-1-3-10(16-21)4-2-9/h1-4,11H,5-8H2,(H,15,18)(H,19,20). The number of carbonyl (C=O) groups excluding carboxylic acids is 1. The Hall–Kier alpha value is -2.77. The number of carboxylic acid groups (broad SMARTS) is 1. The lowest BCUT2D eigenvalue weighted by Gasteiger charge is -2.08. The molecule has 1 aromatic carbocycles. The van der Waals surface area contributed by atoms with Crippen molar-refractivity contribution < 1.29 is 19.5 Å². The summed E-state index contributed by atoms with van der Waals surface area (Å²) in [5, 5.41) is 17.8. The molecule has 2 rings (SSSR count). The van der Waals surface area contributed by atoms with Crippen molar-refractivity contribution in [3.8, 4) is 0 Å². The Kier molecular flexibility index (Phi) is 5.18. The lowest BCUT2D eigenvalue weighted by atomic mass is 10.0. The Morgan fingerprint density at radius 3 is 2.73 bits per heavy atom. The summed E-state index contributed by atoms with van der Waals surface area (Å²) in [5.41, 5.74) is 1.83. The molecule has 1 unspecified atom stereocenters. The van der Waals surface area contributed by atoms with E-state index in [1.807, 2.05) is 0 Å². The maximum absolute atomic E-state index is 11.6. The molecule has 0 aliphatic carbocycles. The van der Waals surface area contributed by atoms with Crippen molar-refractivity contribution in [3.63, 3.8) is 0 Å². The van der Waals surface area contributed by atoms with Gasteiger partial charge in [0.25, 0.3) is 0 Å². The van der Waals surface area contributed by atoms with Gasteiger partial charge in [0.2, 0.25) is 5.91 Å². The predicted molar refractivity (Wildman–Crippen MR) is 77.8 cm³/mol. The van der Waals surface area contributed by atoms with E-state index in [9.17, 15) is 14.5 Å². The normalized spacial score (nSPS) is 16.5. The molecule has 2 N–H and O–H groups in total. The van der Waals surface area contributed by atoms with Gasteiger partial charge in [-0.15, -0.1) is 4.91 Å². The number of amides is 1. The van der Waals surface area contributed by atoms with Crippen LogP contribution in [0, 0.1) is 4.91 Å². The molecule has 1 aliphatic rings. The summed E-state index contributed by atoms with van der Waals surface area (Å²) in [6.45, 7) is 0.0920. The molecule has 0 aromatic heterocycles. The van der Waals surface area contributed by atoms with E-state index in [1.54, 1.807) is 24.3 Å². The molecule has 0 spiro atoms. The number of nitrogens with zero attached hydrogens (tertiary/aromatic N) is 2. The van der Waals surface area contributed by atoms with Crippen molar-refractivity contribution in [3.05, 3.63) is 34.7 Å². The fourth-order valence-corrected chi connectivity index (χ4v) is 2.01. The Morgan fingerprint density at radius 1 is 1.36 bits per heavy atom. The third kappa shape index (κ3) is 4.37. The van der Waals surface area contributed by atoms with Gasteiger partial charge in [-0.1, -0.05) is 17.3 Å². The van der Waals surface area contributed by atoms with E-state index in [1.165, 1.54) is 0 Å². The van der Waals surface area contributed by atoms with Gasteiger partial charge in [0.1, 0.15) is 11.8 Å². The lowest BCUT2D eigenvalue weighted by molar-refractivity contribution is -0.136. The molecule has 0 bridgehead atoms.